The molecule has 0 aromatic carbocycles. The second-order valence-corrected chi connectivity index (χ2v) is 0. The Labute approximate surface area is 54.4 Å². The van der Waals surface area contributed by atoms with E-state index in [-0.39, 0.29) is 54.3 Å². The van der Waals surface area contributed by atoms with Crippen LogP contribution in [0.2, 0.25) is 0 Å². The van der Waals surface area contributed by atoms with Crippen LogP contribution in [0.15, 0.2) is 0 Å². The molecule has 0 aliphatic rings. The molecule has 0 aromatic heterocycles. The first-order chi connectivity index (χ1) is 0. The van der Waals surface area contributed by atoms with Crippen LogP contribution in [0.4, 0.5) is 0 Å². The van der Waals surface area contributed by atoms with Crippen molar-refractivity contribution >= 4 is 0 Å². The molecule has 0 N–H and O–H groups in total. The summed E-state index contributed by atoms with van der Waals surface area (Å²) >= 11 is 0. The van der Waals surface area contributed by atoms with E-state index in [9.17, 15) is 0 Å². The van der Waals surface area contributed by atoms with Gasteiger partial charge in [-0.2, -0.15) is 0 Å². The van der Waals surface area contributed by atoms with E-state index in [0.717, 1.165) is 0 Å². The fourth-order valence-corrected chi connectivity index (χ4v) is 0. The van der Waals surface area contributed by atoms with E-state index in [2.05, 4.69) is 0 Å². The van der Waals surface area contributed by atoms with Crippen LogP contribution < -0.4 is 37.2 Å². The fraction of sp³-hybridized carbons (Fsp3) is 0. The first-order valence-corrected chi connectivity index (χ1v) is 0. The van der Waals surface area contributed by atoms with Crippen molar-refractivity contribution in [3.63, 3.8) is 0 Å². The maximum Gasteiger partial charge on any atom is 2.00 e. The Morgan fingerprint density at radius 2 is 0.500 bits per heavy atom. The Bertz CT molecular complexity index is 3.25. The predicted molar refractivity (Wildman–Crippen MR) is 0 cm³/mol. The molecule has 4 heteroatoms. The third-order valence-corrected chi connectivity index (χ3v) is 0. The first-order valence-electron chi connectivity index (χ1n) is 0. The molecule has 0 saturated carbocycles. The summed E-state index contributed by atoms with van der Waals surface area (Å²) in [5, 5.41) is 0. The molecule has 0 atom stereocenters. The van der Waals surface area contributed by atoms with Gasteiger partial charge in [-0.05, 0) is 0 Å². The standard InChI is InChI=1S/3ClH.Cu/h3*1H;/q;;;+2/p-3. The Morgan fingerprint density at radius 1 is 0.500 bits per heavy atom. The van der Waals surface area contributed by atoms with Crippen molar-refractivity contribution in [1.82, 2.24) is 0 Å². The fourth-order valence-electron chi connectivity index (χ4n) is 0. The zero-order valence-corrected chi connectivity index (χ0v) is 4.64. The van der Waals surface area contributed by atoms with Gasteiger partial charge < -0.3 is 37.2 Å². The van der Waals surface area contributed by atoms with Crippen molar-refractivity contribution in [2.75, 3.05) is 0 Å². The van der Waals surface area contributed by atoms with Crippen LogP contribution in [0.3, 0.4) is 0 Å². The largest absolute Gasteiger partial charge is 2.00 e. The molecule has 0 aliphatic carbocycles. The first kappa shape index (κ1) is 53.8. The Balaban J connectivity index is 0. The molecule has 0 heterocycles. The predicted octanol–water partition coefficient (Wildman–Crippen LogP) is -8.99. The van der Waals surface area contributed by atoms with Crippen molar-refractivity contribution in [2.24, 2.45) is 0 Å². The molecule has 1 radical (unpaired) electrons. The van der Waals surface area contributed by atoms with Crippen molar-refractivity contribution in [3.05, 3.63) is 0 Å². The number of halogens is 3. The smallest absolute Gasteiger partial charge is 1.00 e. The van der Waals surface area contributed by atoms with Gasteiger partial charge in [-0.3, -0.25) is 0 Å². The molecule has 33 valence electrons. The van der Waals surface area contributed by atoms with Crippen LogP contribution in [0, 0.1) is 0 Å². The average molecular weight is 170 g/mol. The zero-order chi connectivity index (χ0) is 0. The molecule has 0 bridgehead atoms. The van der Waals surface area contributed by atoms with Gasteiger partial charge in [0.25, 0.3) is 0 Å². The minimum atomic E-state index is 0. The molecule has 0 saturated heterocycles. The van der Waals surface area contributed by atoms with E-state index >= 15 is 0 Å². The Morgan fingerprint density at radius 3 is 0.500 bits per heavy atom. The summed E-state index contributed by atoms with van der Waals surface area (Å²) in [5.74, 6) is 0. The van der Waals surface area contributed by atoms with Gasteiger partial charge in [0.05, 0.1) is 0 Å². The summed E-state index contributed by atoms with van der Waals surface area (Å²) in [6.45, 7) is 0. The van der Waals surface area contributed by atoms with Gasteiger partial charge >= 0.3 is 17.1 Å². The monoisotopic (exact) mass is 168 g/mol. The van der Waals surface area contributed by atoms with Gasteiger partial charge in [-0.25, -0.2) is 0 Å². The normalized spacial score (nSPS) is 0. The molecule has 0 fully saturated rings. The maximum absolute atomic E-state index is 0. The van der Waals surface area contributed by atoms with Crippen molar-refractivity contribution in [2.45, 2.75) is 0 Å². The van der Waals surface area contributed by atoms with Gasteiger partial charge in [0.1, 0.15) is 0 Å². The molecule has 0 spiro atoms. The van der Waals surface area contributed by atoms with E-state index in [4.69, 9.17) is 0 Å². The SMILES string of the molecule is [Cl-].[Cl-].[Cl-].[Cu+2]. The molecule has 0 rings (SSSR count). The summed E-state index contributed by atoms with van der Waals surface area (Å²) < 4.78 is 0. The zero-order valence-electron chi connectivity index (χ0n) is 1.44. The van der Waals surface area contributed by atoms with E-state index in [1.807, 2.05) is 0 Å². The Kier molecular flexibility index (Phi) is 351. The minimum absolute atomic E-state index is 0. The molecule has 0 amide bonds. The van der Waals surface area contributed by atoms with Crippen LogP contribution in [-0.2, 0) is 17.1 Å². The average Bonchev–Trinajstić information content (AvgIpc) is 0. The van der Waals surface area contributed by atoms with Crippen LogP contribution in [0.5, 0.6) is 0 Å². The minimum Gasteiger partial charge on any atom is -1.00 e. The van der Waals surface area contributed by atoms with E-state index < -0.39 is 0 Å². The summed E-state index contributed by atoms with van der Waals surface area (Å²) in [5.41, 5.74) is 0. The van der Waals surface area contributed by atoms with Crippen LogP contribution in [0.25, 0.3) is 0 Å². The molecule has 0 aromatic rings. The second-order valence-electron chi connectivity index (χ2n) is 0. The number of hydrogen-bond acceptors (Lipinski definition) is 0. The third-order valence-electron chi connectivity index (χ3n) is 0. The third kappa shape index (κ3) is 10.0. The van der Waals surface area contributed by atoms with Gasteiger partial charge in [-0.15, -0.1) is 0 Å². The van der Waals surface area contributed by atoms with Crippen molar-refractivity contribution in [1.29, 1.82) is 0 Å². The second kappa shape index (κ2) is 26.1. The quantitative estimate of drug-likeness (QED) is 0.317. The van der Waals surface area contributed by atoms with E-state index in [0.29, 0.717) is 0 Å². The van der Waals surface area contributed by atoms with Gasteiger partial charge in [0.15, 0.2) is 0 Å². The molecule has 4 heavy (non-hydrogen) atoms. The molecule has 0 nitrogen and oxygen atoms in total. The number of hydrogen-bond donors (Lipinski definition) is 0. The van der Waals surface area contributed by atoms with Gasteiger partial charge in [0.2, 0.25) is 0 Å². The summed E-state index contributed by atoms with van der Waals surface area (Å²) in [7, 11) is 0. The molecule has 0 aliphatic heterocycles. The van der Waals surface area contributed by atoms with Crippen LogP contribution >= 0.6 is 0 Å². The van der Waals surface area contributed by atoms with Crippen LogP contribution in [-0.4, -0.2) is 0 Å². The Hall–Kier alpha value is 1.39. The van der Waals surface area contributed by atoms with E-state index in [1.54, 1.807) is 0 Å². The molecular weight excluding hydrogens is 170 g/mol. The summed E-state index contributed by atoms with van der Waals surface area (Å²) in [6.07, 6.45) is 0. The van der Waals surface area contributed by atoms with Gasteiger partial charge in [0, 0.05) is 0 Å². The molecular formula is Cl3Cu-. The number of rotatable bonds is 0. The topological polar surface area (TPSA) is 0 Å². The summed E-state index contributed by atoms with van der Waals surface area (Å²) in [6, 6.07) is 0. The van der Waals surface area contributed by atoms with Gasteiger partial charge in [-0.1, -0.05) is 0 Å². The van der Waals surface area contributed by atoms with Crippen molar-refractivity contribution in [3.8, 4) is 0 Å². The molecule has 0 unspecified atom stereocenters. The van der Waals surface area contributed by atoms with E-state index in [1.165, 1.54) is 0 Å². The maximum atomic E-state index is 0. The van der Waals surface area contributed by atoms with Crippen molar-refractivity contribution < 1.29 is 54.3 Å². The summed E-state index contributed by atoms with van der Waals surface area (Å²) in [4.78, 5) is 0. The van der Waals surface area contributed by atoms with Crippen LogP contribution in [0.1, 0.15) is 0 Å².